The molecule has 2 fully saturated rings. The smallest absolute Gasteiger partial charge is 0.256 e. The lowest BCUT2D eigenvalue weighted by atomic mass is 10.2. The summed E-state index contributed by atoms with van der Waals surface area (Å²) in [4.78, 5) is 30.7. The molecule has 0 spiro atoms. The Morgan fingerprint density at radius 1 is 0.963 bits per heavy atom. The van der Waals surface area contributed by atoms with Crippen molar-refractivity contribution in [1.82, 2.24) is 20.0 Å². The summed E-state index contributed by atoms with van der Waals surface area (Å²) >= 11 is 0. The summed E-state index contributed by atoms with van der Waals surface area (Å²) < 4.78 is 13.9. The molecule has 1 aromatic rings. The van der Waals surface area contributed by atoms with Crippen molar-refractivity contribution in [2.24, 2.45) is 0 Å². The zero-order valence-electron chi connectivity index (χ0n) is 15.5. The van der Waals surface area contributed by atoms with E-state index in [0.717, 1.165) is 45.7 Å². The van der Waals surface area contributed by atoms with Gasteiger partial charge < -0.3 is 20.0 Å². The van der Waals surface area contributed by atoms with Crippen LogP contribution in [0.3, 0.4) is 0 Å². The lowest BCUT2D eigenvalue weighted by Crippen LogP contribution is -2.47. The van der Waals surface area contributed by atoms with Crippen molar-refractivity contribution in [2.45, 2.75) is 12.8 Å². The van der Waals surface area contributed by atoms with Gasteiger partial charge in [0.2, 0.25) is 5.91 Å². The third kappa shape index (κ3) is 5.89. The van der Waals surface area contributed by atoms with Crippen LogP contribution in [0.2, 0.25) is 0 Å². The zero-order chi connectivity index (χ0) is 18.4. The minimum Gasteiger partial charge on any atom is -0.340 e. The monoisotopic (exact) mass is 398 g/mol. The second-order valence-electron chi connectivity index (χ2n) is 6.85. The Hall–Kier alpha value is -1.70. The fourth-order valence-corrected chi connectivity index (χ4v) is 3.53. The number of halogens is 2. The molecular formula is C19H28ClFN4O2. The maximum Gasteiger partial charge on any atom is 0.256 e. The van der Waals surface area contributed by atoms with Gasteiger partial charge in [0.15, 0.2) is 0 Å². The molecule has 27 heavy (non-hydrogen) atoms. The normalized spacial score (nSPS) is 18.6. The molecule has 1 N–H and O–H groups in total. The molecule has 3 rings (SSSR count). The summed E-state index contributed by atoms with van der Waals surface area (Å²) in [7, 11) is 0. The average Bonchev–Trinajstić information content (AvgIpc) is 2.92. The van der Waals surface area contributed by atoms with E-state index < -0.39 is 5.82 Å². The first-order chi connectivity index (χ1) is 12.6. The first-order valence-electron chi connectivity index (χ1n) is 9.40. The minimum absolute atomic E-state index is 0. The van der Waals surface area contributed by atoms with E-state index in [4.69, 9.17) is 0 Å². The first-order valence-corrected chi connectivity index (χ1v) is 9.40. The summed E-state index contributed by atoms with van der Waals surface area (Å²) in [5.74, 6) is -0.517. The summed E-state index contributed by atoms with van der Waals surface area (Å²) in [6, 6.07) is 6.12. The van der Waals surface area contributed by atoms with Gasteiger partial charge in [-0.1, -0.05) is 12.1 Å². The fourth-order valence-electron chi connectivity index (χ4n) is 3.53. The van der Waals surface area contributed by atoms with Gasteiger partial charge in [-0.3, -0.25) is 9.59 Å². The SMILES string of the molecule is Cl.O=C(CCN1CCCN(C(=O)c2ccccc2F)CC1)N1CCNCC1. The van der Waals surface area contributed by atoms with Gasteiger partial charge in [0.05, 0.1) is 5.56 Å². The van der Waals surface area contributed by atoms with E-state index in [1.807, 2.05) is 4.90 Å². The second-order valence-corrected chi connectivity index (χ2v) is 6.85. The van der Waals surface area contributed by atoms with Gasteiger partial charge in [-0.05, 0) is 25.1 Å². The Morgan fingerprint density at radius 3 is 2.44 bits per heavy atom. The molecule has 2 aliphatic rings. The van der Waals surface area contributed by atoms with Gasteiger partial charge in [0.1, 0.15) is 5.82 Å². The highest BCUT2D eigenvalue weighted by molar-refractivity contribution is 5.94. The van der Waals surface area contributed by atoms with E-state index in [1.165, 1.54) is 12.1 Å². The Morgan fingerprint density at radius 2 is 1.70 bits per heavy atom. The highest BCUT2D eigenvalue weighted by atomic mass is 35.5. The summed E-state index contributed by atoms with van der Waals surface area (Å²) in [5.41, 5.74) is 0.134. The number of nitrogens with zero attached hydrogens (tertiary/aromatic N) is 3. The number of nitrogens with one attached hydrogen (secondary N) is 1. The van der Waals surface area contributed by atoms with Gasteiger partial charge >= 0.3 is 0 Å². The van der Waals surface area contributed by atoms with E-state index in [0.29, 0.717) is 26.1 Å². The number of hydrogen-bond donors (Lipinski definition) is 1. The van der Waals surface area contributed by atoms with Crippen molar-refractivity contribution in [1.29, 1.82) is 0 Å². The number of piperazine rings is 1. The number of carbonyl (C=O) groups is 2. The number of amides is 2. The molecule has 0 radical (unpaired) electrons. The van der Waals surface area contributed by atoms with Crippen LogP contribution in [0.5, 0.6) is 0 Å². The summed E-state index contributed by atoms with van der Waals surface area (Å²) in [5, 5.41) is 3.25. The highest BCUT2D eigenvalue weighted by Crippen LogP contribution is 2.13. The number of hydrogen-bond acceptors (Lipinski definition) is 4. The molecule has 2 saturated heterocycles. The second kappa shape index (κ2) is 10.6. The predicted octanol–water partition coefficient (Wildman–Crippen LogP) is 1.22. The fraction of sp³-hybridized carbons (Fsp3) is 0.579. The number of benzene rings is 1. The van der Waals surface area contributed by atoms with Crippen LogP contribution in [0.15, 0.2) is 24.3 Å². The van der Waals surface area contributed by atoms with E-state index in [9.17, 15) is 14.0 Å². The molecular weight excluding hydrogens is 371 g/mol. The van der Waals surface area contributed by atoms with Gasteiger partial charge in [-0.15, -0.1) is 12.4 Å². The first kappa shape index (κ1) is 21.6. The molecule has 8 heteroatoms. The molecule has 0 saturated carbocycles. The third-order valence-electron chi connectivity index (χ3n) is 5.09. The zero-order valence-corrected chi connectivity index (χ0v) is 16.3. The molecule has 6 nitrogen and oxygen atoms in total. The quantitative estimate of drug-likeness (QED) is 0.828. The molecule has 2 aliphatic heterocycles. The standard InChI is InChI=1S/C19H27FN4O2.ClH/c20-17-5-2-1-4-16(17)19(26)24-10-3-9-22(14-15-24)11-6-18(25)23-12-7-21-8-13-23;/h1-2,4-5,21H,3,6-15H2;1H. The third-order valence-corrected chi connectivity index (χ3v) is 5.09. The lowest BCUT2D eigenvalue weighted by molar-refractivity contribution is -0.132. The van der Waals surface area contributed by atoms with E-state index >= 15 is 0 Å². The van der Waals surface area contributed by atoms with Crippen LogP contribution in [-0.2, 0) is 4.79 Å². The van der Waals surface area contributed by atoms with Crippen LogP contribution in [-0.4, -0.2) is 85.4 Å². The predicted molar refractivity (Wildman–Crippen MR) is 105 cm³/mol. The van der Waals surface area contributed by atoms with Gasteiger partial charge in [-0.2, -0.15) is 0 Å². The molecule has 0 aromatic heterocycles. The Balaban J connectivity index is 0.00000261. The molecule has 0 aliphatic carbocycles. The maximum absolute atomic E-state index is 13.9. The van der Waals surface area contributed by atoms with E-state index in [2.05, 4.69) is 10.2 Å². The molecule has 0 atom stereocenters. The Kier molecular flexibility index (Phi) is 8.47. The molecule has 2 heterocycles. The van der Waals surface area contributed by atoms with Crippen LogP contribution >= 0.6 is 12.4 Å². The van der Waals surface area contributed by atoms with Gasteiger partial charge in [0, 0.05) is 58.8 Å². The molecule has 150 valence electrons. The van der Waals surface area contributed by atoms with Crippen molar-refractivity contribution < 1.29 is 14.0 Å². The van der Waals surface area contributed by atoms with E-state index in [1.54, 1.807) is 17.0 Å². The average molecular weight is 399 g/mol. The largest absolute Gasteiger partial charge is 0.340 e. The van der Waals surface area contributed by atoms with Crippen LogP contribution in [0.4, 0.5) is 4.39 Å². The van der Waals surface area contributed by atoms with Crippen molar-refractivity contribution in [3.8, 4) is 0 Å². The summed E-state index contributed by atoms with van der Waals surface area (Å²) in [6.45, 7) is 6.76. The Bertz CT molecular complexity index is 640. The highest BCUT2D eigenvalue weighted by Gasteiger charge is 2.23. The van der Waals surface area contributed by atoms with E-state index in [-0.39, 0.29) is 29.8 Å². The van der Waals surface area contributed by atoms with Crippen molar-refractivity contribution in [2.75, 3.05) is 58.9 Å². The van der Waals surface area contributed by atoms with Crippen LogP contribution in [0, 0.1) is 5.82 Å². The molecule has 2 amide bonds. The molecule has 0 unspecified atom stereocenters. The maximum atomic E-state index is 13.9. The molecule has 0 bridgehead atoms. The minimum atomic E-state index is -0.472. The van der Waals surface area contributed by atoms with Crippen LogP contribution in [0.25, 0.3) is 0 Å². The number of rotatable bonds is 4. The summed E-state index contributed by atoms with van der Waals surface area (Å²) in [6.07, 6.45) is 1.35. The number of carbonyl (C=O) groups excluding carboxylic acids is 2. The topological polar surface area (TPSA) is 55.9 Å². The van der Waals surface area contributed by atoms with Crippen LogP contribution < -0.4 is 5.32 Å². The van der Waals surface area contributed by atoms with Crippen molar-refractivity contribution in [3.05, 3.63) is 35.6 Å². The lowest BCUT2D eigenvalue weighted by Gasteiger charge is -2.28. The molecule has 1 aromatic carbocycles. The van der Waals surface area contributed by atoms with Crippen molar-refractivity contribution in [3.63, 3.8) is 0 Å². The van der Waals surface area contributed by atoms with Gasteiger partial charge in [0.25, 0.3) is 5.91 Å². The van der Waals surface area contributed by atoms with Crippen LogP contribution in [0.1, 0.15) is 23.2 Å². The Labute approximate surface area is 166 Å². The van der Waals surface area contributed by atoms with Gasteiger partial charge in [-0.25, -0.2) is 4.39 Å². The van der Waals surface area contributed by atoms with Crippen molar-refractivity contribution >= 4 is 24.2 Å².